The standard InChI is InChI=1S/C18H36N2O/c1-13-6-8-16(12-14(13)2)20-17(21)9-7-15(10-11-19)18(3,4)5/h13-16H,6-12,19H2,1-5H3,(H,20,21). The normalized spacial score (nSPS) is 28.2. The average molecular weight is 296 g/mol. The smallest absolute Gasteiger partial charge is 0.220 e. The molecule has 3 heteroatoms. The van der Waals surface area contributed by atoms with Crippen LogP contribution in [0.15, 0.2) is 0 Å². The third-order valence-corrected chi connectivity index (χ3v) is 5.42. The van der Waals surface area contributed by atoms with Crippen LogP contribution in [-0.2, 0) is 4.79 Å². The zero-order valence-corrected chi connectivity index (χ0v) is 14.7. The topological polar surface area (TPSA) is 55.1 Å². The zero-order valence-electron chi connectivity index (χ0n) is 14.7. The lowest BCUT2D eigenvalue weighted by atomic mass is 9.76. The largest absolute Gasteiger partial charge is 0.353 e. The van der Waals surface area contributed by atoms with Crippen molar-refractivity contribution in [2.45, 2.75) is 79.2 Å². The molecule has 0 heterocycles. The Morgan fingerprint density at radius 1 is 1.19 bits per heavy atom. The number of amides is 1. The van der Waals surface area contributed by atoms with Crippen LogP contribution in [0.25, 0.3) is 0 Å². The molecule has 1 amide bonds. The maximum absolute atomic E-state index is 12.2. The average Bonchev–Trinajstić information content (AvgIpc) is 2.37. The number of hydrogen-bond acceptors (Lipinski definition) is 2. The highest BCUT2D eigenvalue weighted by Gasteiger charge is 2.27. The first-order valence-electron chi connectivity index (χ1n) is 8.73. The molecule has 1 aliphatic carbocycles. The van der Waals surface area contributed by atoms with Crippen LogP contribution in [-0.4, -0.2) is 18.5 Å². The summed E-state index contributed by atoms with van der Waals surface area (Å²) < 4.78 is 0. The zero-order chi connectivity index (χ0) is 16.0. The molecule has 0 aromatic rings. The predicted octanol–water partition coefficient (Wildman–Crippen LogP) is 3.72. The van der Waals surface area contributed by atoms with Gasteiger partial charge in [-0.1, -0.05) is 34.6 Å². The maximum Gasteiger partial charge on any atom is 0.220 e. The van der Waals surface area contributed by atoms with Gasteiger partial charge in [-0.25, -0.2) is 0 Å². The summed E-state index contributed by atoms with van der Waals surface area (Å²) in [5, 5.41) is 3.25. The number of carbonyl (C=O) groups excluding carboxylic acids is 1. The van der Waals surface area contributed by atoms with Crippen LogP contribution < -0.4 is 11.1 Å². The van der Waals surface area contributed by atoms with E-state index in [1.807, 2.05) is 0 Å². The van der Waals surface area contributed by atoms with Crippen molar-refractivity contribution in [3.8, 4) is 0 Å². The highest BCUT2D eigenvalue weighted by Crippen LogP contribution is 2.32. The Morgan fingerprint density at radius 2 is 1.86 bits per heavy atom. The Labute approximate surface area is 131 Å². The van der Waals surface area contributed by atoms with Crippen molar-refractivity contribution in [1.29, 1.82) is 0 Å². The van der Waals surface area contributed by atoms with E-state index in [1.165, 1.54) is 6.42 Å². The van der Waals surface area contributed by atoms with E-state index >= 15 is 0 Å². The molecule has 0 spiro atoms. The molecule has 0 aliphatic heterocycles. The number of rotatable bonds is 6. The molecule has 1 fully saturated rings. The molecule has 0 bridgehead atoms. The lowest BCUT2D eigenvalue weighted by Crippen LogP contribution is -2.40. The van der Waals surface area contributed by atoms with Gasteiger partial charge in [0, 0.05) is 12.5 Å². The quantitative estimate of drug-likeness (QED) is 0.785. The predicted molar refractivity (Wildman–Crippen MR) is 90.0 cm³/mol. The van der Waals surface area contributed by atoms with Crippen LogP contribution in [0.2, 0.25) is 0 Å². The summed E-state index contributed by atoms with van der Waals surface area (Å²) in [6.45, 7) is 12.1. The Hall–Kier alpha value is -0.570. The minimum Gasteiger partial charge on any atom is -0.353 e. The lowest BCUT2D eigenvalue weighted by molar-refractivity contribution is -0.122. The highest BCUT2D eigenvalue weighted by atomic mass is 16.1. The van der Waals surface area contributed by atoms with Gasteiger partial charge in [0.05, 0.1) is 0 Å². The van der Waals surface area contributed by atoms with Crippen LogP contribution in [0.4, 0.5) is 0 Å². The molecular weight excluding hydrogens is 260 g/mol. The molecule has 0 aromatic heterocycles. The molecule has 1 aliphatic rings. The maximum atomic E-state index is 12.2. The summed E-state index contributed by atoms with van der Waals surface area (Å²) in [4.78, 5) is 12.2. The van der Waals surface area contributed by atoms with E-state index in [2.05, 4.69) is 39.9 Å². The Bertz CT molecular complexity index is 322. The second-order valence-electron chi connectivity index (χ2n) is 8.21. The van der Waals surface area contributed by atoms with Crippen LogP contribution >= 0.6 is 0 Å². The van der Waals surface area contributed by atoms with Crippen molar-refractivity contribution in [3.05, 3.63) is 0 Å². The summed E-state index contributed by atoms with van der Waals surface area (Å²) in [5.74, 6) is 2.28. The minimum atomic E-state index is 0.230. The van der Waals surface area contributed by atoms with Crippen LogP contribution in [0.3, 0.4) is 0 Å². The summed E-state index contributed by atoms with van der Waals surface area (Å²) in [6.07, 6.45) is 6.12. The SMILES string of the molecule is CC1CCC(NC(=O)CCC(CCN)C(C)(C)C)CC1C. The summed E-state index contributed by atoms with van der Waals surface area (Å²) in [6, 6.07) is 0.395. The molecule has 3 nitrogen and oxygen atoms in total. The van der Waals surface area contributed by atoms with Gasteiger partial charge in [-0.2, -0.15) is 0 Å². The van der Waals surface area contributed by atoms with Crippen molar-refractivity contribution in [2.75, 3.05) is 6.54 Å². The third kappa shape index (κ3) is 6.37. The van der Waals surface area contributed by atoms with Gasteiger partial charge in [-0.15, -0.1) is 0 Å². The number of carbonyl (C=O) groups is 1. The Kier molecular flexibility index (Phi) is 7.19. The second kappa shape index (κ2) is 8.17. The van der Waals surface area contributed by atoms with Gasteiger partial charge in [-0.3, -0.25) is 4.79 Å². The fraction of sp³-hybridized carbons (Fsp3) is 0.944. The molecule has 0 aromatic carbocycles. The molecule has 4 unspecified atom stereocenters. The molecule has 124 valence electrons. The van der Waals surface area contributed by atoms with Crippen molar-refractivity contribution >= 4 is 5.91 Å². The summed E-state index contributed by atoms with van der Waals surface area (Å²) in [7, 11) is 0. The third-order valence-electron chi connectivity index (χ3n) is 5.42. The van der Waals surface area contributed by atoms with Gasteiger partial charge < -0.3 is 11.1 Å². The monoisotopic (exact) mass is 296 g/mol. The molecule has 4 atom stereocenters. The van der Waals surface area contributed by atoms with E-state index in [0.717, 1.165) is 37.5 Å². The van der Waals surface area contributed by atoms with Gasteiger partial charge in [0.1, 0.15) is 0 Å². The Morgan fingerprint density at radius 3 is 2.38 bits per heavy atom. The van der Waals surface area contributed by atoms with Crippen molar-refractivity contribution < 1.29 is 4.79 Å². The van der Waals surface area contributed by atoms with E-state index in [1.54, 1.807) is 0 Å². The number of nitrogens with one attached hydrogen (secondary N) is 1. The molecular formula is C18H36N2O. The van der Waals surface area contributed by atoms with Gasteiger partial charge in [0.25, 0.3) is 0 Å². The van der Waals surface area contributed by atoms with E-state index < -0.39 is 0 Å². The molecule has 0 radical (unpaired) electrons. The van der Waals surface area contributed by atoms with Gasteiger partial charge in [0.15, 0.2) is 0 Å². The van der Waals surface area contributed by atoms with Gasteiger partial charge in [0.2, 0.25) is 5.91 Å². The minimum absolute atomic E-state index is 0.230. The molecule has 1 saturated carbocycles. The van der Waals surface area contributed by atoms with Crippen LogP contribution in [0.5, 0.6) is 0 Å². The van der Waals surface area contributed by atoms with E-state index in [9.17, 15) is 4.79 Å². The van der Waals surface area contributed by atoms with Gasteiger partial charge in [-0.05, 0) is 61.8 Å². The first-order valence-corrected chi connectivity index (χ1v) is 8.73. The number of nitrogens with two attached hydrogens (primary N) is 1. The first-order chi connectivity index (χ1) is 9.74. The van der Waals surface area contributed by atoms with Gasteiger partial charge >= 0.3 is 0 Å². The van der Waals surface area contributed by atoms with E-state index in [-0.39, 0.29) is 11.3 Å². The van der Waals surface area contributed by atoms with E-state index in [4.69, 9.17) is 5.73 Å². The van der Waals surface area contributed by atoms with Crippen LogP contribution in [0.1, 0.15) is 73.1 Å². The lowest BCUT2D eigenvalue weighted by Gasteiger charge is -2.33. The Balaban J connectivity index is 2.36. The van der Waals surface area contributed by atoms with Crippen molar-refractivity contribution in [3.63, 3.8) is 0 Å². The highest BCUT2D eigenvalue weighted by molar-refractivity contribution is 5.76. The summed E-state index contributed by atoms with van der Waals surface area (Å²) in [5.41, 5.74) is 5.94. The summed E-state index contributed by atoms with van der Waals surface area (Å²) >= 11 is 0. The van der Waals surface area contributed by atoms with Crippen LogP contribution in [0, 0.1) is 23.2 Å². The van der Waals surface area contributed by atoms with Crippen molar-refractivity contribution in [1.82, 2.24) is 5.32 Å². The second-order valence-corrected chi connectivity index (χ2v) is 8.21. The molecule has 21 heavy (non-hydrogen) atoms. The molecule has 0 saturated heterocycles. The first kappa shape index (κ1) is 18.5. The molecule has 1 rings (SSSR count). The fourth-order valence-electron chi connectivity index (χ4n) is 3.50. The number of hydrogen-bond donors (Lipinski definition) is 2. The fourth-order valence-corrected chi connectivity index (χ4v) is 3.50. The van der Waals surface area contributed by atoms with Crippen molar-refractivity contribution in [2.24, 2.45) is 28.9 Å². The van der Waals surface area contributed by atoms with E-state index in [0.29, 0.717) is 24.9 Å². The molecule has 3 N–H and O–H groups in total.